The molecule has 0 aromatic rings. The Hall–Kier alpha value is -0.820. The quantitative estimate of drug-likeness (QED) is 0.745. The topological polar surface area (TPSA) is 64.3 Å². The van der Waals surface area contributed by atoms with Gasteiger partial charge in [-0.05, 0) is 40.7 Å². The average molecular weight is 270 g/mol. The number of alkyl halides is 3. The van der Waals surface area contributed by atoms with Crippen LogP contribution in [-0.2, 0) is 9.53 Å². The van der Waals surface area contributed by atoms with Crippen LogP contribution in [0.2, 0.25) is 0 Å². The van der Waals surface area contributed by atoms with Crippen molar-refractivity contribution in [2.24, 2.45) is 5.73 Å². The number of nitrogens with two attached hydrogens (primary N) is 1. The molecule has 108 valence electrons. The third-order valence-corrected chi connectivity index (χ3v) is 2.22. The van der Waals surface area contributed by atoms with Crippen molar-refractivity contribution >= 4 is 5.97 Å². The first-order chi connectivity index (χ1) is 7.97. The predicted octanol–water partition coefficient (Wildman–Crippen LogP) is 1.59. The number of nitrogens with one attached hydrogen (secondary N) is 1. The third-order valence-electron chi connectivity index (χ3n) is 2.22. The Morgan fingerprint density at radius 2 is 1.78 bits per heavy atom. The first-order valence-electron chi connectivity index (χ1n) is 5.70. The molecule has 0 aliphatic carbocycles. The molecule has 0 fully saturated rings. The van der Waals surface area contributed by atoms with Gasteiger partial charge in [0.05, 0.1) is 0 Å². The number of ether oxygens (including phenoxy) is 1. The van der Waals surface area contributed by atoms with Crippen LogP contribution < -0.4 is 11.1 Å². The molecule has 0 saturated heterocycles. The van der Waals surface area contributed by atoms with Gasteiger partial charge in [0.2, 0.25) is 0 Å². The molecule has 18 heavy (non-hydrogen) atoms. The lowest BCUT2D eigenvalue weighted by Crippen LogP contribution is -2.43. The van der Waals surface area contributed by atoms with Gasteiger partial charge in [0.15, 0.2) is 0 Å². The van der Waals surface area contributed by atoms with Crippen LogP contribution in [0.5, 0.6) is 0 Å². The molecule has 0 bridgehead atoms. The Kier molecular flexibility index (Phi) is 6.09. The lowest BCUT2D eigenvalue weighted by molar-refractivity contribution is -0.161. The highest BCUT2D eigenvalue weighted by Crippen LogP contribution is 2.23. The summed E-state index contributed by atoms with van der Waals surface area (Å²) < 4.78 is 42.3. The van der Waals surface area contributed by atoms with E-state index in [1.807, 2.05) is 0 Å². The number of carbonyl (C=O) groups is 1. The van der Waals surface area contributed by atoms with Crippen LogP contribution in [-0.4, -0.2) is 36.9 Å². The maximum Gasteiger partial charge on any atom is 0.403 e. The van der Waals surface area contributed by atoms with Crippen LogP contribution in [0.4, 0.5) is 13.2 Å². The van der Waals surface area contributed by atoms with E-state index in [1.54, 1.807) is 20.8 Å². The summed E-state index contributed by atoms with van der Waals surface area (Å²) in [5.74, 6) is -0.681. The molecule has 0 radical (unpaired) electrons. The van der Waals surface area contributed by atoms with Crippen molar-refractivity contribution in [3.05, 3.63) is 0 Å². The fourth-order valence-corrected chi connectivity index (χ4v) is 1.31. The van der Waals surface area contributed by atoms with Crippen molar-refractivity contribution in [3.63, 3.8) is 0 Å². The summed E-state index contributed by atoms with van der Waals surface area (Å²) in [5.41, 5.74) is 4.81. The number of halogens is 3. The highest BCUT2D eigenvalue weighted by molar-refractivity contribution is 5.75. The van der Waals surface area contributed by atoms with E-state index in [0.717, 1.165) is 0 Å². The number of rotatable bonds is 5. The van der Waals surface area contributed by atoms with E-state index in [4.69, 9.17) is 10.5 Å². The number of carbonyl (C=O) groups excluding carboxylic acids is 1. The zero-order valence-corrected chi connectivity index (χ0v) is 11.1. The molecule has 0 aliphatic heterocycles. The van der Waals surface area contributed by atoms with Gasteiger partial charge < -0.3 is 15.8 Å². The van der Waals surface area contributed by atoms with Crippen LogP contribution in [0, 0.1) is 0 Å². The van der Waals surface area contributed by atoms with Crippen LogP contribution in [0.3, 0.4) is 0 Å². The SMILES string of the molecule is CN[C@H](CC[C@@H](N)C(=O)OC(C)(C)C)C(F)(F)F. The minimum absolute atomic E-state index is 0.0834. The van der Waals surface area contributed by atoms with E-state index in [1.165, 1.54) is 7.05 Å². The van der Waals surface area contributed by atoms with Crippen LogP contribution >= 0.6 is 0 Å². The molecule has 0 amide bonds. The molecule has 0 unspecified atom stereocenters. The molecule has 7 heteroatoms. The van der Waals surface area contributed by atoms with Gasteiger partial charge in [-0.25, -0.2) is 0 Å². The lowest BCUT2D eigenvalue weighted by Gasteiger charge is -2.24. The summed E-state index contributed by atoms with van der Waals surface area (Å²) in [6.45, 7) is 5.01. The molecular formula is C11H21F3N2O2. The first kappa shape index (κ1) is 17.2. The summed E-state index contributed by atoms with van der Waals surface area (Å²) in [4.78, 5) is 11.5. The molecule has 0 saturated carbocycles. The zero-order valence-electron chi connectivity index (χ0n) is 11.1. The Bertz CT molecular complexity index is 274. The Balaban J connectivity index is 4.25. The Morgan fingerprint density at radius 3 is 2.11 bits per heavy atom. The highest BCUT2D eigenvalue weighted by Gasteiger charge is 2.38. The van der Waals surface area contributed by atoms with Crippen molar-refractivity contribution in [1.82, 2.24) is 5.32 Å². The molecule has 0 heterocycles. The largest absolute Gasteiger partial charge is 0.459 e. The van der Waals surface area contributed by atoms with E-state index in [2.05, 4.69) is 5.32 Å². The van der Waals surface area contributed by atoms with E-state index >= 15 is 0 Å². The molecule has 0 aliphatic rings. The van der Waals surface area contributed by atoms with Crippen molar-refractivity contribution in [1.29, 1.82) is 0 Å². The Labute approximate surface area is 105 Å². The molecule has 3 N–H and O–H groups in total. The van der Waals surface area contributed by atoms with E-state index in [9.17, 15) is 18.0 Å². The van der Waals surface area contributed by atoms with E-state index in [-0.39, 0.29) is 12.8 Å². The van der Waals surface area contributed by atoms with Gasteiger partial charge in [-0.2, -0.15) is 13.2 Å². The second kappa shape index (κ2) is 6.38. The fourth-order valence-electron chi connectivity index (χ4n) is 1.31. The molecular weight excluding hydrogens is 249 g/mol. The average Bonchev–Trinajstić information content (AvgIpc) is 2.13. The van der Waals surface area contributed by atoms with Gasteiger partial charge in [-0.1, -0.05) is 0 Å². The van der Waals surface area contributed by atoms with Gasteiger partial charge >= 0.3 is 12.1 Å². The maximum atomic E-state index is 12.4. The number of esters is 1. The van der Waals surface area contributed by atoms with E-state index < -0.39 is 29.8 Å². The fraction of sp³-hybridized carbons (Fsp3) is 0.909. The number of hydrogen-bond acceptors (Lipinski definition) is 4. The van der Waals surface area contributed by atoms with Crippen molar-refractivity contribution in [2.75, 3.05) is 7.05 Å². The summed E-state index contributed by atoms with van der Waals surface area (Å²) in [6.07, 6.45) is -4.69. The zero-order chi connectivity index (χ0) is 14.6. The van der Waals surface area contributed by atoms with Crippen LogP contribution in [0.15, 0.2) is 0 Å². The second-order valence-corrected chi connectivity index (χ2v) is 5.10. The van der Waals surface area contributed by atoms with Gasteiger partial charge in [0, 0.05) is 0 Å². The van der Waals surface area contributed by atoms with Gasteiger partial charge in [-0.15, -0.1) is 0 Å². The lowest BCUT2D eigenvalue weighted by atomic mass is 10.1. The molecule has 0 spiro atoms. The second-order valence-electron chi connectivity index (χ2n) is 5.10. The monoisotopic (exact) mass is 270 g/mol. The molecule has 0 aromatic heterocycles. The van der Waals surface area contributed by atoms with Gasteiger partial charge in [-0.3, -0.25) is 4.79 Å². The van der Waals surface area contributed by atoms with Crippen molar-refractivity contribution in [2.45, 2.75) is 57.5 Å². The molecule has 0 aromatic carbocycles. The summed E-state index contributed by atoms with van der Waals surface area (Å²) >= 11 is 0. The Morgan fingerprint density at radius 1 is 1.28 bits per heavy atom. The minimum Gasteiger partial charge on any atom is -0.459 e. The van der Waals surface area contributed by atoms with Crippen molar-refractivity contribution < 1.29 is 22.7 Å². The maximum absolute atomic E-state index is 12.4. The van der Waals surface area contributed by atoms with Gasteiger partial charge in [0.25, 0.3) is 0 Å². The molecule has 0 rings (SSSR count). The molecule has 2 atom stereocenters. The van der Waals surface area contributed by atoms with Crippen LogP contribution in [0.25, 0.3) is 0 Å². The van der Waals surface area contributed by atoms with Crippen LogP contribution in [0.1, 0.15) is 33.6 Å². The third kappa shape index (κ3) is 6.80. The minimum atomic E-state index is -4.34. The smallest absolute Gasteiger partial charge is 0.403 e. The normalized spacial score (nSPS) is 16.2. The number of hydrogen-bond donors (Lipinski definition) is 2. The molecule has 4 nitrogen and oxygen atoms in total. The van der Waals surface area contributed by atoms with E-state index in [0.29, 0.717) is 0 Å². The van der Waals surface area contributed by atoms with Gasteiger partial charge in [0.1, 0.15) is 17.7 Å². The predicted molar refractivity (Wildman–Crippen MR) is 62.0 cm³/mol. The highest BCUT2D eigenvalue weighted by atomic mass is 19.4. The first-order valence-corrected chi connectivity index (χ1v) is 5.70. The summed E-state index contributed by atoms with van der Waals surface area (Å²) in [6, 6.07) is -2.70. The standard InChI is InChI=1S/C11H21F3N2O2/c1-10(2,3)18-9(17)7(15)5-6-8(16-4)11(12,13)14/h7-8,16H,5-6,15H2,1-4H3/t7-,8-/m1/s1. The summed E-state index contributed by atoms with van der Waals surface area (Å²) in [5, 5.41) is 2.15. The van der Waals surface area contributed by atoms with Crippen molar-refractivity contribution in [3.8, 4) is 0 Å². The summed E-state index contributed by atoms with van der Waals surface area (Å²) in [7, 11) is 1.22.